The van der Waals surface area contributed by atoms with Crippen molar-refractivity contribution in [3.05, 3.63) is 65.7 Å². The zero-order chi connectivity index (χ0) is 13.5. The predicted octanol–water partition coefficient (Wildman–Crippen LogP) is 3.90. The van der Waals surface area contributed by atoms with Crippen molar-refractivity contribution < 1.29 is 9.53 Å². The first-order chi connectivity index (χ1) is 9.25. The fraction of sp³-hybridized carbons (Fsp3) is 0.235. The summed E-state index contributed by atoms with van der Waals surface area (Å²) < 4.78 is 5.67. The quantitative estimate of drug-likeness (QED) is 0.577. The number of hydrogen-bond donors (Lipinski definition) is 0. The Hall–Kier alpha value is -2.09. The van der Waals surface area contributed by atoms with Crippen LogP contribution in [0.5, 0.6) is 5.75 Å². The average molecular weight is 254 g/mol. The summed E-state index contributed by atoms with van der Waals surface area (Å²) in [5.41, 5.74) is 2.02. The number of carbonyl (C=O) groups excluding carboxylic acids is 1. The zero-order valence-corrected chi connectivity index (χ0v) is 11.1. The highest BCUT2D eigenvalue weighted by Crippen LogP contribution is 2.14. The van der Waals surface area contributed by atoms with Gasteiger partial charge in [0.05, 0.1) is 6.61 Å². The average Bonchev–Trinajstić information content (AvgIpc) is 2.45. The van der Waals surface area contributed by atoms with Crippen molar-refractivity contribution in [3.63, 3.8) is 0 Å². The molecule has 19 heavy (non-hydrogen) atoms. The molecule has 0 spiro atoms. The summed E-state index contributed by atoms with van der Waals surface area (Å²) in [5, 5.41) is 0. The topological polar surface area (TPSA) is 26.3 Å². The van der Waals surface area contributed by atoms with Gasteiger partial charge in [0.2, 0.25) is 0 Å². The van der Waals surface area contributed by atoms with E-state index < -0.39 is 0 Å². The van der Waals surface area contributed by atoms with Crippen LogP contribution >= 0.6 is 0 Å². The van der Waals surface area contributed by atoms with Crippen molar-refractivity contribution in [3.8, 4) is 5.75 Å². The Kier molecular flexibility index (Phi) is 4.73. The number of Topliss-reactive ketones (excluding diaryl/α,β-unsaturated/α-hetero) is 1. The van der Waals surface area contributed by atoms with E-state index in [1.807, 2.05) is 30.3 Å². The molecule has 2 aromatic rings. The first-order valence-corrected chi connectivity index (χ1v) is 6.53. The Morgan fingerprint density at radius 2 is 1.84 bits per heavy atom. The SMILES string of the molecule is CC(=O)c1cccc(OCCCc2ccccc2)c1. The number of aryl methyl sites for hydroxylation is 1. The predicted molar refractivity (Wildman–Crippen MR) is 76.7 cm³/mol. The van der Waals surface area contributed by atoms with E-state index in [1.54, 1.807) is 19.1 Å². The van der Waals surface area contributed by atoms with Gasteiger partial charge < -0.3 is 4.74 Å². The van der Waals surface area contributed by atoms with Crippen LogP contribution in [-0.2, 0) is 6.42 Å². The van der Waals surface area contributed by atoms with Gasteiger partial charge in [-0.1, -0.05) is 42.5 Å². The highest BCUT2D eigenvalue weighted by molar-refractivity contribution is 5.94. The molecule has 2 heteroatoms. The number of benzene rings is 2. The minimum atomic E-state index is 0.0646. The van der Waals surface area contributed by atoms with Crippen LogP contribution in [0, 0.1) is 0 Å². The van der Waals surface area contributed by atoms with Crippen molar-refractivity contribution in [2.75, 3.05) is 6.61 Å². The molecule has 0 bridgehead atoms. The summed E-state index contributed by atoms with van der Waals surface area (Å²) in [7, 11) is 0. The van der Waals surface area contributed by atoms with E-state index in [9.17, 15) is 4.79 Å². The van der Waals surface area contributed by atoms with Gasteiger partial charge in [0, 0.05) is 5.56 Å². The van der Waals surface area contributed by atoms with Crippen molar-refractivity contribution >= 4 is 5.78 Å². The van der Waals surface area contributed by atoms with Crippen molar-refractivity contribution in [2.24, 2.45) is 0 Å². The molecule has 0 heterocycles. The first kappa shape index (κ1) is 13.3. The molecule has 0 amide bonds. The monoisotopic (exact) mass is 254 g/mol. The van der Waals surface area contributed by atoms with Crippen LogP contribution in [0.25, 0.3) is 0 Å². The van der Waals surface area contributed by atoms with Crippen LogP contribution in [0.15, 0.2) is 54.6 Å². The Balaban J connectivity index is 1.80. The maximum absolute atomic E-state index is 11.3. The Bertz CT molecular complexity index is 532. The maximum Gasteiger partial charge on any atom is 0.159 e. The molecule has 2 aromatic carbocycles. The minimum absolute atomic E-state index is 0.0646. The minimum Gasteiger partial charge on any atom is -0.494 e. The third kappa shape index (κ3) is 4.25. The maximum atomic E-state index is 11.3. The van der Waals surface area contributed by atoms with Crippen LogP contribution in [0.3, 0.4) is 0 Å². The van der Waals surface area contributed by atoms with Crippen LogP contribution in [0.4, 0.5) is 0 Å². The van der Waals surface area contributed by atoms with E-state index in [2.05, 4.69) is 12.1 Å². The lowest BCUT2D eigenvalue weighted by atomic mass is 10.1. The molecule has 0 fully saturated rings. The van der Waals surface area contributed by atoms with Gasteiger partial charge >= 0.3 is 0 Å². The summed E-state index contributed by atoms with van der Waals surface area (Å²) in [6, 6.07) is 17.7. The second kappa shape index (κ2) is 6.74. The van der Waals surface area contributed by atoms with Gasteiger partial charge in [-0.3, -0.25) is 4.79 Å². The Labute approximate surface area is 114 Å². The van der Waals surface area contributed by atoms with Crippen molar-refractivity contribution in [1.29, 1.82) is 0 Å². The highest BCUT2D eigenvalue weighted by atomic mass is 16.5. The summed E-state index contributed by atoms with van der Waals surface area (Å²) >= 11 is 0. The third-order valence-corrected chi connectivity index (χ3v) is 2.96. The Morgan fingerprint density at radius 1 is 1.05 bits per heavy atom. The summed E-state index contributed by atoms with van der Waals surface area (Å²) in [6.45, 7) is 2.23. The fourth-order valence-corrected chi connectivity index (χ4v) is 1.92. The number of ether oxygens (including phenoxy) is 1. The smallest absolute Gasteiger partial charge is 0.159 e. The van der Waals surface area contributed by atoms with Crippen molar-refractivity contribution in [1.82, 2.24) is 0 Å². The van der Waals surface area contributed by atoms with Crippen LogP contribution < -0.4 is 4.74 Å². The molecule has 0 N–H and O–H groups in total. The van der Waals surface area contributed by atoms with Gasteiger partial charge in [0.25, 0.3) is 0 Å². The normalized spacial score (nSPS) is 10.2. The van der Waals surface area contributed by atoms with E-state index in [1.165, 1.54) is 5.56 Å². The number of rotatable bonds is 6. The molecule has 0 aliphatic rings. The fourth-order valence-electron chi connectivity index (χ4n) is 1.92. The molecule has 0 aliphatic carbocycles. The van der Waals surface area contributed by atoms with Crippen molar-refractivity contribution in [2.45, 2.75) is 19.8 Å². The lowest BCUT2D eigenvalue weighted by molar-refractivity contribution is 0.101. The van der Waals surface area contributed by atoms with Crippen LogP contribution in [0.2, 0.25) is 0 Å². The summed E-state index contributed by atoms with van der Waals surface area (Å²) in [6.07, 6.45) is 1.97. The lowest BCUT2D eigenvalue weighted by Gasteiger charge is -2.07. The van der Waals surface area contributed by atoms with E-state index in [4.69, 9.17) is 4.74 Å². The van der Waals surface area contributed by atoms with Crippen LogP contribution in [0.1, 0.15) is 29.3 Å². The van der Waals surface area contributed by atoms with Gasteiger partial charge in [-0.25, -0.2) is 0 Å². The second-order valence-electron chi connectivity index (χ2n) is 4.52. The molecular weight excluding hydrogens is 236 g/mol. The van der Waals surface area contributed by atoms with Gasteiger partial charge in [-0.05, 0) is 37.5 Å². The van der Waals surface area contributed by atoms with Gasteiger partial charge in [-0.15, -0.1) is 0 Å². The summed E-state index contributed by atoms with van der Waals surface area (Å²) in [5.74, 6) is 0.829. The highest BCUT2D eigenvalue weighted by Gasteiger charge is 2.01. The van der Waals surface area contributed by atoms with Crippen LogP contribution in [-0.4, -0.2) is 12.4 Å². The molecule has 2 rings (SSSR count). The number of ketones is 1. The molecule has 0 saturated heterocycles. The lowest BCUT2D eigenvalue weighted by Crippen LogP contribution is -2.00. The van der Waals surface area contributed by atoms with E-state index in [-0.39, 0.29) is 5.78 Å². The van der Waals surface area contributed by atoms with Gasteiger partial charge in [0.1, 0.15) is 5.75 Å². The first-order valence-electron chi connectivity index (χ1n) is 6.53. The molecular formula is C17H18O2. The van der Waals surface area contributed by atoms with E-state index in [0.29, 0.717) is 12.2 Å². The van der Waals surface area contributed by atoms with Gasteiger partial charge in [-0.2, -0.15) is 0 Å². The third-order valence-electron chi connectivity index (χ3n) is 2.96. The largest absolute Gasteiger partial charge is 0.494 e. The summed E-state index contributed by atoms with van der Waals surface area (Å²) in [4.78, 5) is 11.3. The molecule has 2 nitrogen and oxygen atoms in total. The number of hydrogen-bond acceptors (Lipinski definition) is 2. The van der Waals surface area contributed by atoms with E-state index >= 15 is 0 Å². The molecule has 0 saturated carbocycles. The molecule has 0 aromatic heterocycles. The standard InChI is InChI=1S/C17H18O2/c1-14(18)16-10-5-11-17(13-16)19-12-6-9-15-7-3-2-4-8-15/h2-5,7-8,10-11,13H,6,9,12H2,1H3. The molecule has 0 atom stereocenters. The molecule has 0 unspecified atom stereocenters. The molecule has 98 valence electrons. The molecule has 0 aliphatic heterocycles. The molecule has 0 radical (unpaired) electrons. The van der Waals surface area contributed by atoms with E-state index in [0.717, 1.165) is 18.6 Å². The Morgan fingerprint density at radius 3 is 2.58 bits per heavy atom. The number of carbonyl (C=O) groups is 1. The zero-order valence-electron chi connectivity index (χ0n) is 11.1. The van der Waals surface area contributed by atoms with Gasteiger partial charge in [0.15, 0.2) is 5.78 Å². The second-order valence-corrected chi connectivity index (χ2v) is 4.52.